The van der Waals surface area contributed by atoms with Gasteiger partial charge in [0.2, 0.25) is 0 Å². The van der Waals surface area contributed by atoms with Crippen LogP contribution in [0.4, 0.5) is 0 Å². The third kappa shape index (κ3) is 13.1. The van der Waals surface area contributed by atoms with E-state index in [0.29, 0.717) is 13.0 Å². The molecule has 1 atom stereocenters. The molecule has 0 saturated heterocycles. The van der Waals surface area contributed by atoms with Crippen molar-refractivity contribution < 1.29 is 18.8 Å². The fourth-order valence-corrected chi connectivity index (χ4v) is 4.43. The summed E-state index contributed by atoms with van der Waals surface area (Å²) in [5.74, 6) is 0.690. The average Bonchev–Trinajstić information content (AvgIpc) is 2.88. The van der Waals surface area contributed by atoms with Gasteiger partial charge in [-0.15, -0.1) is 0 Å². The van der Waals surface area contributed by atoms with Crippen molar-refractivity contribution >= 4 is 5.97 Å². The van der Waals surface area contributed by atoms with E-state index in [2.05, 4.69) is 64.3 Å². The number of hydrogen-bond acceptors (Lipinski definition) is 3. The number of hydrogen-bond donors (Lipinski definition) is 0. The van der Waals surface area contributed by atoms with Gasteiger partial charge in [0, 0.05) is 5.56 Å². The van der Waals surface area contributed by atoms with Gasteiger partial charge in [-0.3, -0.25) is 4.79 Å². The lowest BCUT2D eigenvalue weighted by atomic mass is 10.0. The van der Waals surface area contributed by atoms with Crippen LogP contribution in [0.15, 0.2) is 54.6 Å². The predicted octanol–water partition coefficient (Wildman–Crippen LogP) is 7.74. The first-order valence-corrected chi connectivity index (χ1v) is 14.2. The van der Waals surface area contributed by atoms with Crippen LogP contribution in [0, 0.1) is 0 Å². The summed E-state index contributed by atoms with van der Waals surface area (Å²) in [5.41, 5.74) is 2.64. The van der Waals surface area contributed by atoms with Crippen LogP contribution in [0.1, 0.15) is 89.2 Å². The summed E-state index contributed by atoms with van der Waals surface area (Å²) in [4.78, 5) is 12.4. The molecule has 0 N–H and O–H groups in total. The molecule has 200 valence electrons. The number of rotatable bonds is 19. The van der Waals surface area contributed by atoms with E-state index in [9.17, 15) is 4.79 Å². The molecule has 0 heterocycles. The lowest BCUT2D eigenvalue weighted by molar-refractivity contribution is -0.903. The molecule has 0 bridgehead atoms. The van der Waals surface area contributed by atoms with Gasteiger partial charge in [-0.05, 0) is 37.0 Å². The maximum atomic E-state index is 12.4. The van der Waals surface area contributed by atoms with Gasteiger partial charge in [0.25, 0.3) is 0 Å². The quantitative estimate of drug-likeness (QED) is 0.113. The van der Waals surface area contributed by atoms with Crippen molar-refractivity contribution in [3.63, 3.8) is 0 Å². The van der Waals surface area contributed by atoms with Gasteiger partial charge < -0.3 is 14.0 Å². The smallest absolute Gasteiger partial charge is 0.311 e. The third-order valence-corrected chi connectivity index (χ3v) is 6.81. The van der Waals surface area contributed by atoms with Crippen LogP contribution >= 0.6 is 0 Å². The Balaban J connectivity index is 1.64. The molecule has 4 nitrogen and oxygen atoms in total. The molecule has 0 aliphatic carbocycles. The molecule has 0 fully saturated rings. The standard InChI is InChI=1S/C32H50NO3/c1-5-7-8-9-10-11-12-14-17-28-20-22-31(23-21-28)36-30(6-2)27-35-32(34)24-25-33(3,4)26-29-18-15-13-16-19-29/h13,15-16,18-23,30H,5-12,14,17,24-27H2,1-4H3/q+1. The lowest BCUT2D eigenvalue weighted by Crippen LogP contribution is -2.40. The number of unbranched alkanes of at least 4 members (excludes halogenated alkanes) is 7. The van der Waals surface area contributed by atoms with Crippen molar-refractivity contribution in [1.82, 2.24) is 0 Å². The van der Waals surface area contributed by atoms with Gasteiger partial charge in [-0.25, -0.2) is 0 Å². The number of quaternary nitrogens is 1. The van der Waals surface area contributed by atoms with Crippen molar-refractivity contribution in [2.24, 2.45) is 0 Å². The van der Waals surface area contributed by atoms with Crippen molar-refractivity contribution in [2.75, 3.05) is 27.2 Å². The molecular weight excluding hydrogens is 446 g/mol. The Labute approximate surface area is 220 Å². The van der Waals surface area contributed by atoms with Crippen molar-refractivity contribution in [3.8, 4) is 5.75 Å². The molecule has 2 aromatic rings. The molecule has 4 heteroatoms. The number of carbonyl (C=O) groups excluding carboxylic acids is 1. The van der Waals surface area contributed by atoms with Crippen LogP contribution in [0.3, 0.4) is 0 Å². The van der Waals surface area contributed by atoms with Crippen LogP contribution < -0.4 is 4.74 Å². The second-order valence-electron chi connectivity index (χ2n) is 10.8. The Morgan fingerprint density at radius 1 is 0.806 bits per heavy atom. The van der Waals surface area contributed by atoms with Gasteiger partial charge in [-0.1, -0.05) is 101 Å². The fraction of sp³-hybridized carbons (Fsp3) is 0.594. The first kappa shape index (κ1) is 29.9. The lowest BCUT2D eigenvalue weighted by Gasteiger charge is -2.29. The minimum atomic E-state index is -0.156. The van der Waals surface area contributed by atoms with Crippen LogP contribution in [0.25, 0.3) is 0 Å². The third-order valence-electron chi connectivity index (χ3n) is 6.81. The second kappa shape index (κ2) is 17.2. The molecule has 0 aliphatic rings. The average molecular weight is 497 g/mol. The number of carbonyl (C=O) groups is 1. The van der Waals surface area contributed by atoms with Crippen LogP contribution in [-0.2, 0) is 22.5 Å². The van der Waals surface area contributed by atoms with Crippen molar-refractivity contribution in [3.05, 3.63) is 65.7 Å². The first-order chi connectivity index (χ1) is 17.4. The van der Waals surface area contributed by atoms with E-state index < -0.39 is 0 Å². The SMILES string of the molecule is CCCCCCCCCCc1ccc(OC(CC)COC(=O)CC[N+](C)(C)Cc2ccccc2)cc1. The summed E-state index contributed by atoms with van der Waals surface area (Å²) in [7, 11) is 4.30. The summed E-state index contributed by atoms with van der Waals surface area (Å²) in [5, 5.41) is 0. The zero-order valence-electron chi connectivity index (χ0n) is 23.3. The van der Waals surface area contributed by atoms with Crippen LogP contribution in [0.2, 0.25) is 0 Å². The molecule has 36 heavy (non-hydrogen) atoms. The second-order valence-corrected chi connectivity index (χ2v) is 10.8. The zero-order valence-corrected chi connectivity index (χ0v) is 23.3. The summed E-state index contributed by atoms with van der Waals surface area (Å²) in [6.45, 7) is 6.26. The number of aryl methyl sites for hydroxylation is 1. The van der Waals surface area contributed by atoms with Gasteiger partial charge >= 0.3 is 5.97 Å². The van der Waals surface area contributed by atoms with Crippen LogP contribution in [0.5, 0.6) is 5.75 Å². The monoisotopic (exact) mass is 496 g/mol. The molecule has 0 saturated carbocycles. The Kier molecular flexibility index (Phi) is 14.3. The summed E-state index contributed by atoms with van der Waals surface area (Å²) < 4.78 is 12.4. The van der Waals surface area contributed by atoms with E-state index in [1.165, 1.54) is 62.5 Å². The fourth-order valence-electron chi connectivity index (χ4n) is 4.43. The molecule has 0 amide bonds. The zero-order chi connectivity index (χ0) is 26.1. The number of esters is 1. The largest absolute Gasteiger partial charge is 0.487 e. The molecule has 0 radical (unpaired) electrons. The van der Waals surface area contributed by atoms with Crippen molar-refractivity contribution in [2.45, 2.75) is 97.1 Å². The van der Waals surface area contributed by atoms with Gasteiger partial charge in [0.05, 0.1) is 27.1 Å². The number of ether oxygens (including phenoxy) is 2. The highest BCUT2D eigenvalue weighted by Crippen LogP contribution is 2.18. The minimum Gasteiger partial charge on any atom is -0.487 e. The van der Waals surface area contributed by atoms with Gasteiger partial charge in [0.1, 0.15) is 25.0 Å². The summed E-state index contributed by atoms with van der Waals surface area (Å²) in [6, 6.07) is 18.8. The Bertz CT molecular complexity index is 832. The molecule has 2 rings (SSSR count). The minimum absolute atomic E-state index is 0.126. The Hall–Kier alpha value is -2.33. The van der Waals surface area contributed by atoms with Gasteiger partial charge in [-0.2, -0.15) is 0 Å². The van der Waals surface area contributed by atoms with Crippen LogP contribution in [-0.4, -0.2) is 43.8 Å². The van der Waals surface area contributed by atoms with E-state index in [1.807, 2.05) is 18.2 Å². The highest BCUT2D eigenvalue weighted by atomic mass is 16.6. The molecule has 0 aliphatic heterocycles. The summed E-state index contributed by atoms with van der Waals surface area (Å²) in [6.07, 6.45) is 13.0. The first-order valence-electron chi connectivity index (χ1n) is 14.2. The van der Waals surface area contributed by atoms with Gasteiger partial charge in [0.15, 0.2) is 0 Å². The van der Waals surface area contributed by atoms with E-state index in [1.54, 1.807) is 0 Å². The molecule has 1 unspecified atom stereocenters. The van der Waals surface area contributed by atoms with E-state index in [4.69, 9.17) is 9.47 Å². The number of nitrogens with zero attached hydrogens (tertiary/aromatic N) is 1. The Morgan fingerprint density at radius 3 is 2.08 bits per heavy atom. The highest BCUT2D eigenvalue weighted by Gasteiger charge is 2.19. The maximum Gasteiger partial charge on any atom is 0.311 e. The topological polar surface area (TPSA) is 35.5 Å². The summed E-state index contributed by atoms with van der Waals surface area (Å²) >= 11 is 0. The molecule has 2 aromatic carbocycles. The highest BCUT2D eigenvalue weighted by molar-refractivity contribution is 5.69. The molecular formula is C32H50NO3+. The number of benzene rings is 2. The van der Waals surface area contributed by atoms with Crippen molar-refractivity contribution in [1.29, 1.82) is 0 Å². The molecule has 0 spiro atoms. The maximum absolute atomic E-state index is 12.4. The van der Waals surface area contributed by atoms with E-state index >= 15 is 0 Å². The predicted molar refractivity (Wildman–Crippen MR) is 150 cm³/mol. The molecule has 0 aromatic heterocycles. The van der Waals surface area contributed by atoms with E-state index in [-0.39, 0.29) is 12.1 Å². The normalized spacial score (nSPS) is 12.3. The Morgan fingerprint density at radius 2 is 1.44 bits per heavy atom. The van der Waals surface area contributed by atoms with E-state index in [0.717, 1.165) is 36.2 Å².